The van der Waals surface area contributed by atoms with E-state index in [-0.39, 0.29) is 43.5 Å². The third kappa shape index (κ3) is 1.90. The molecule has 0 saturated heterocycles. The highest BCUT2D eigenvalue weighted by Gasteiger charge is 2.20. The van der Waals surface area contributed by atoms with E-state index >= 15 is 0 Å². The number of hydrogen-bond acceptors (Lipinski definition) is 5. The van der Waals surface area contributed by atoms with E-state index in [1.54, 1.807) is 6.92 Å². The van der Waals surface area contributed by atoms with Crippen molar-refractivity contribution in [3.8, 4) is 17.2 Å². The second-order valence-corrected chi connectivity index (χ2v) is 5.51. The quantitative estimate of drug-likeness (QED) is 0.655. The Kier molecular flexibility index (Phi) is 3.34. The molecule has 0 aliphatic heterocycles. The molecule has 1 heterocycles. The maximum Gasteiger partial charge on any atom is 0.204 e. The average molecular weight is 341 g/mol. The largest absolute Gasteiger partial charge is 0.506 e. The molecule has 114 valence electrons. The highest BCUT2D eigenvalue weighted by atomic mass is 35.5. The van der Waals surface area contributed by atoms with Crippen LogP contribution in [-0.2, 0) is 0 Å². The lowest BCUT2D eigenvalue weighted by atomic mass is 10.1. The van der Waals surface area contributed by atoms with Gasteiger partial charge in [0.2, 0.25) is 5.43 Å². The van der Waals surface area contributed by atoms with Gasteiger partial charge in [0.05, 0.1) is 17.5 Å². The van der Waals surface area contributed by atoms with E-state index in [1.807, 2.05) is 0 Å². The molecule has 0 radical (unpaired) electrons. The van der Waals surface area contributed by atoms with Gasteiger partial charge in [-0.2, -0.15) is 0 Å². The number of hydrogen-bond donors (Lipinski definition) is 2. The molecule has 0 fully saturated rings. The molecule has 0 aliphatic rings. The van der Waals surface area contributed by atoms with Crippen molar-refractivity contribution in [2.24, 2.45) is 0 Å². The first-order chi connectivity index (χ1) is 10.4. The molecule has 3 rings (SSSR count). The molecule has 3 aromatic rings. The van der Waals surface area contributed by atoms with Gasteiger partial charge < -0.3 is 19.4 Å². The normalized spacial score (nSPS) is 11.3. The van der Waals surface area contributed by atoms with E-state index in [9.17, 15) is 15.0 Å². The molecule has 0 aliphatic carbocycles. The van der Waals surface area contributed by atoms with Gasteiger partial charge in [-0.15, -0.1) is 0 Å². The lowest BCUT2D eigenvalue weighted by Crippen LogP contribution is -2.05. The number of halogens is 2. The minimum Gasteiger partial charge on any atom is -0.506 e. The Hall–Kier alpha value is -2.11. The zero-order valence-corrected chi connectivity index (χ0v) is 13.0. The van der Waals surface area contributed by atoms with Crippen molar-refractivity contribution >= 4 is 45.1 Å². The number of ether oxygens (including phenoxy) is 1. The van der Waals surface area contributed by atoms with Gasteiger partial charge in [-0.3, -0.25) is 4.79 Å². The Balaban J connectivity index is 2.62. The maximum atomic E-state index is 12.7. The molecule has 7 heteroatoms. The smallest absolute Gasteiger partial charge is 0.204 e. The van der Waals surface area contributed by atoms with E-state index in [0.29, 0.717) is 5.56 Å². The minimum atomic E-state index is -0.488. The first-order valence-electron chi connectivity index (χ1n) is 6.20. The SMILES string of the molecule is COc1cc2oc3cc(O)c(Cl)c(C)c3c(=O)c2c(O)c1Cl. The van der Waals surface area contributed by atoms with Crippen LogP contribution in [-0.4, -0.2) is 17.3 Å². The molecule has 0 bridgehead atoms. The van der Waals surface area contributed by atoms with Gasteiger partial charge in [-0.05, 0) is 12.5 Å². The number of aromatic hydroxyl groups is 2. The molecule has 22 heavy (non-hydrogen) atoms. The van der Waals surface area contributed by atoms with Crippen LogP contribution in [0.5, 0.6) is 17.2 Å². The zero-order chi connectivity index (χ0) is 16.2. The van der Waals surface area contributed by atoms with Gasteiger partial charge >= 0.3 is 0 Å². The topological polar surface area (TPSA) is 79.9 Å². The van der Waals surface area contributed by atoms with Crippen molar-refractivity contribution in [3.63, 3.8) is 0 Å². The third-order valence-corrected chi connectivity index (χ3v) is 4.35. The predicted octanol–water partition coefficient (Wildman–Crippen LogP) is 3.98. The first-order valence-corrected chi connectivity index (χ1v) is 6.96. The Morgan fingerprint density at radius 1 is 1.09 bits per heavy atom. The van der Waals surface area contributed by atoms with E-state index < -0.39 is 11.2 Å². The van der Waals surface area contributed by atoms with Crippen LogP contribution < -0.4 is 10.2 Å². The lowest BCUT2D eigenvalue weighted by molar-refractivity contribution is 0.408. The van der Waals surface area contributed by atoms with E-state index in [4.69, 9.17) is 32.4 Å². The van der Waals surface area contributed by atoms with Crippen LogP contribution in [0, 0.1) is 6.92 Å². The minimum absolute atomic E-state index is 0.0539. The second kappa shape index (κ2) is 4.97. The average Bonchev–Trinajstić information content (AvgIpc) is 2.48. The Morgan fingerprint density at radius 2 is 1.73 bits per heavy atom. The fourth-order valence-electron chi connectivity index (χ4n) is 2.40. The van der Waals surface area contributed by atoms with Crippen molar-refractivity contribution in [2.75, 3.05) is 7.11 Å². The van der Waals surface area contributed by atoms with Crippen molar-refractivity contribution in [1.29, 1.82) is 0 Å². The van der Waals surface area contributed by atoms with Crippen molar-refractivity contribution in [2.45, 2.75) is 6.92 Å². The summed E-state index contributed by atoms with van der Waals surface area (Å²) >= 11 is 11.9. The molecule has 0 saturated carbocycles. The Morgan fingerprint density at radius 3 is 2.36 bits per heavy atom. The van der Waals surface area contributed by atoms with Crippen LogP contribution in [0.2, 0.25) is 10.0 Å². The molecule has 1 aromatic heterocycles. The zero-order valence-electron chi connectivity index (χ0n) is 11.5. The van der Waals surface area contributed by atoms with Gasteiger partial charge in [-0.1, -0.05) is 23.2 Å². The predicted molar refractivity (Wildman–Crippen MR) is 84.6 cm³/mol. The summed E-state index contributed by atoms with van der Waals surface area (Å²) in [7, 11) is 1.38. The summed E-state index contributed by atoms with van der Waals surface area (Å²) in [5.74, 6) is -0.446. The standard InChI is InChI=1S/C15H10Cl2O5/c1-5-10-7(3-6(18)12(5)16)22-8-4-9(21-2)13(17)15(20)11(8)14(10)19/h3-4,18,20H,1-2H3. The summed E-state index contributed by atoms with van der Waals surface area (Å²) in [5, 5.41) is 20.0. The summed E-state index contributed by atoms with van der Waals surface area (Å²) in [5.41, 5.74) is 0.120. The molecule has 2 aromatic carbocycles. The Bertz CT molecular complexity index is 991. The fraction of sp³-hybridized carbons (Fsp3) is 0.133. The summed E-state index contributed by atoms with van der Waals surface area (Å²) in [6, 6.07) is 2.66. The van der Waals surface area contributed by atoms with Crippen LogP contribution in [0.25, 0.3) is 21.9 Å². The Labute approximate surface area is 134 Å². The maximum absolute atomic E-state index is 12.7. The van der Waals surface area contributed by atoms with Gasteiger partial charge in [-0.25, -0.2) is 0 Å². The summed E-state index contributed by atoms with van der Waals surface area (Å²) in [4.78, 5) is 12.7. The number of aryl methyl sites for hydroxylation is 1. The molecule has 0 spiro atoms. The molecule has 2 N–H and O–H groups in total. The van der Waals surface area contributed by atoms with Gasteiger partial charge in [0.15, 0.2) is 5.75 Å². The number of benzene rings is 2. The number of phenolic OH excluding ortho intramolecular Hbond substituents is 2. The molecular weight excluding hydrogens is 331 g/mol. The highest BCUT2D eigenvalue weighted by Crippen LogP contribution is 2.41. The van der Waals surface area contributed by atoms with E-state index in [0.717, 1.165) is 0 Å². The summed E-state index contributed by atoms with van der Waals surface area (Å²) in [6.07, 6.45) is 0. The van der Waals surface area contributed by atoms with Crippen LogP contribution in [0.15, 0.2) is 21.3 Å². The monoisotopic (exact) mass is 340 g/mol. The fourth-order valence-corrected chi connectivity index (χ4v) is 2.77. The third-order valence-electron chi connectivity index (χ3n) is 3.51. The highest BCUT2D eigenvalue weighted by molar-refractivity contribution is 6.35. The first kappa shape index (κ1) is 14.8. The van der Waals surface area contributed by atoms with Gasteiger partial charge in [0, 0.05) is 12.1 Å². The van der Waals surface area contributed by atoms with Crippen molar-refractivity contribution in [3.05, 3.63) is 38.0 Å². The van der Waals surface area contributed by atoms with Gasteiger partial charge in [0.25, 0.3) is 0 Å². The number of fused-ring (bicyclic) bond motifs is 2. The second-order valence-electron chi connectivity index (χ2n) is 4.75. The van der Waals surface area contributed by atoms with Crippen LogP contribution in [0.1, 0.15) is 5.56 Å². The van der Waals surface area contributed by atoms with Crippen LogP contribution >= 0.6 is 23.2 Å². The van der Waals surface area contributed by atoms with Crippen LogP contribution in [0.3, 0.4) is 0 Å². The molecule has 5 nitrogen and oxygen atoms in total. The summed E-state index contributed by atoms with van der Waals surface area (Å²) in [6.45, 7) is 1.58. The molecule has 0 atom stereocenters. The number of rotatable bonds is 1. The van der Waals surface area contributed by atoms with Crippen LogP contribution in [0.4, 0.5) is 0 Å². The summed E-state index contributed by atoms with van der Waals surface area (Å²) < 4.78 is 10.6. The van der Waals surface area contributed by atoms with E-state index in [1.165, 1.54) is 19.2 Å². The number of phenols is 2. The van der Waals surface area contributed by atoms with Gasteiger partial charge in [0.1, 0.15) is 33.1 Å². The number of methoxy groups -OCH3 is 1. The lowest BCUT2D eigenvalue weighted by Gasteiger charge is -2.10. The van der Waals surface area contributed by atoms with E-state index in [2.05, 4.69) is 0 Å². The molecule has 0 amide bonds. The molecule has 0 unspecified atom stereocenters. The molecular formula is C15H10Cl2O5. The van der Waals surface area contributed by atoms with Crippen molar-refractivity contribution < 1.29 is 19.4 Å². The van der Waals surface area contributed by atoms with Crippen molar-refractivity contribution in [1.82, 2.24) is 0 Å².